The van der Waals surface area contributed by atoms with Crippen LogP contribution in [0.5, 0.6) is 0 Å². The van der Waals surface area contributed by atoms with E-state index in [0.717, 1.165) is 3.79 Å². The quantitative estimate of drug-likeness (QED) is 0.702. The zero-order valence-corrected chi connectivity index (χ0v) is 15.2. The maximum atomic E-state index is 12.0. The second-order valence-electron chi connectivity index (χ2n) is 4.21. The normalized spacial score (nSPS) is 11.4. The molecule has 0 radical (unpaired) electrons. The summed E-state index contributed by atoms with van der Waals surface area (Å²) < 4.78 is 27.3. The molecule has 0 saturated heterocycles. The Balaban J connectivity index is 1.84. The van der Waals surface area contributed by atoms with Crippen LogP contribution in [0.3, 0.4) is 0 Å². The number of halogens is 2. The summed E-state index contributed by atoms with van der Waals surface area (Å²) in [5.74, 6) is -0.238. The highest BCUT2D eigenvalue weighted by Gasteiger charge is 2.14. The molecule has 1 amide bonds. The molecular formula is C13H12BrClN2O3S2. The van der Waals surface area contributed by atoms with Gasteiger partial charge >= 0.3 is 0 Å². The van der Waals surface area contributed by atoms with E-state index >= 15 is 0 Å². The SMILES string of the molecule is O=C(NCCNS(=O)(=O)c1cccc(Cl)c1)c1ccc(Br)s1. The van der Waals surface area contributed by atoms with Crippen LogP contribution in [0.4, 0.5) is 0 Å². The summed E-state index contributed by atoms with van der Waals surface area (Å²) >= 11 is 10.4. The molecule has 0 bridgehead atoms. The van der Waals surface area contributed by atoms with E-state index in [4.69, 9.17) is 11.6 Å². The number of thiophene rings is 1. The Labute approximate surface area is 145 Å². The van der Waals surface area contributed by atoms with Gasteiger partial charge in [-0.15, -0.1) is 11.3 Å². The van der Waals surface area contributed by atoms with Crippen LogP contribution in [-0.4, -0.2) is 27.4 Å². The van der Waals surface area contributed by atoms with Gasteiger partial charge in [-0.2, -0.15) is 0 Å². The zero-order valence-electron chi connectivity index (χ0n) is 11.2. The topological polar surface area (TPSA) is 75.3 Å². The van der Waals surface area contributed by atoms with Crippen molar-refractivity contribution in [3.05, 3.63) is 50.1 Å². The van der Waals surface area contributed by atoms with Gasteiger partial charge in [0.2, 0.25) is 10.0 Å². The molecule has 22 heavy (non-hydrogen) atoms. The number of sulfonamides is 1. The van der Waals surface area contributed by atoms with Crippen molar-refractivity contribution in [2.45, 2.75) is 4.90 Å². The summed E-state index contributed by atoms with van der Waals surface area (Å²) in [6.45, 7) is 0.279. The van der Waals surface area contributed by atoms with Crippen LogP contribution >= 0.6 is 38.9 Å². The maximum absolute atomic E-state index is 12.0. The van der Waals surface area contributed by atoms with Crippen molar-refractivity contribution >= 4 is 54.8 Å². The molecule has 5 nitrogen and oxygen atoms in total. The van der Waals surface area contributed by atoms with Crippen LogP contribution in [0.25, 0.3) is 0 Å². The minimum Gasteiger partial charge on any atom is -0.350 e. The van der Waals surface area contributed by atoms with E-state index in [9.17, 15) is 13.2 Å². The largest absolute Gasteiger partial charge is 0.350 e. The Morgan fingerprint density at radius 1 is 1.23 bits per heavy atom. The molecule has 1 aromatic carbocycles. The molecule has 0 spiro atoms. The standard InChI is InChI=1S/C13H12BrClN2O3S2/c14-12-5-4-11(21-12)13(18)16-6-7-17-22(19,20)10-3-1-2-9(15)8-10/h1-5,8,17H,6-7H2,(H,16,18). The van der Waals surface area contributed by atoms with Gasteiger partial charge in [0.15, 0.2) is 0 Å². The van der Waals surface area contributed by atoms with E-state index < -0.39 is 10.0 Å². The molecule has 0 saturated carbocycles. The molecule has 1 aromatic heterocycles. The molecule has 0 aliphatic rings. The van der Waals surface area contributed by atoms with Crippen LogP contribution in [0.2, 0.25) is 5.02 Å². The highest BCUT2D eigenvalue weighted by molar-refractivity contribution is 9.11. The first-order chi connectivity index (χ1) is 10.4. The molecule has 9 heteroatoms. The molecular weight excluding hydrogens is 412 g/mol. The van der Waals surface area contributed by atoms with Crippen molar-refractivity contribution in [1.29, 1.82) is 0 Å². The zero-order chi connectivity index (χ0) is 16.2. The van der Waals surface area contributed by atoms with Gasteiger partial charge < -0.3 is 5.32 Å². The Hall–Kier alpha value is -0.930. The summed E-state index contributed by atoms with van der Waals surface area (Å²) in [6.07, 6.45) is 0. The van der Waals surface area contributed by atoms with Gasteiger partial charge in [-0.05, 0) is 46.3 Å². The fraction of sp³-hybridized carbons (Fsp3) is 0.154. The van der Waals surface area contributed by atoms with Gasteiger partial charge in [-0.1, -0.05) is 17.7 Å². The average molecular weight is 424 g/mol. The van der Waals surface area contributed by atoms with Gasteiger partial charge in [0.25, 0.3) is 5.91 Å². The number of rotatable bonds is 6. The third kappa shape index (κ3) is 4.79. The Bertz CT molecular complexity index is 777. The number of hydrogen-bond donors (Lipinski definition) is 2. The second-order valence-corrected chi connectivity index (χ2v) is 8.88. The minimum absolute atomic E-state index is 0.0904. The molecule has 118 valence electrons. The number of hydrogen-bond acceptors (Lipinski definition) is 4. The Kier molecular flexibility index (Phi) is 5.99. The highest BCUT2D eigenvalue weighted by atomic mass is 79.9. The Morgan fingerprint density at radius 2 is 2.00 bits per heavy atom. The fourth-order valence-electron chi connectivity index (χ4n) is 1.60. The average Bonchev–Trinajstić information content (AvgIpc) is 2.90. The lowest BCUT2D eigenvalue weighted by molar-refractivity contribution is 0.0958. The predicted octanol–water partition coefficient (Wildman–Crippen LogP) is 2.87. The van der Waals surface area contributed by atoms with E-state index in [1.807, 2.05) is 0 Å². The van der Waals surface area contributed by atoms with Gasteiger partial charge in [0.1, 0.15) is 0 Å². The van der Waals surface area contributed by atoms with E-state index in [1.54, 1.807) is 24.3 Å². The molecule has 1 heterocycles. The smallest absolute Gasteiger partial charge is 0.261 e. The van der Waals surface area contributed by atoms with Gasteiger partial charge in [0, 0.05) is 18.1 Å². The van der Waals surface area contributed by atoms with Crippen molar-refractivity contribution in [3.63, 3.8) is 0 Å². The number of carbonyl (C=O) groups excluding carboxylic acids is 1. The van der Waals surface area contributed by atoms with Crippen molar-refractivity contribution < 1.29 is 13.2 Å². The number of amides is 1. The summed E-state index contributed by atoms with van der Waals surface area (Å²) in [5.41, 5.74) is 0. The number of benzene rings is 1. The maximum Gasteiger partial charge on any atom is 0.261 e. The van der Waals surface area contributed by atoms with Crippen molar-refractivity contribution in [2.24, 2.45) is 0 Å². The number of carbonyl (C=O) groups is 1. The third-order valence-electron chi connectivity index (χ3n) is 2.61. The summed E-state index contributed by atoms with van der Waals surface area (Å²) in [6, 6.07) is 9.45. The molecule has 2 N–H and O–H groups in total. The molecule has 0 atom stereocenters. The lowest BCUT2D eigenvalue weighted by Gasteiger charge is -2.07. The van der Waals surface area contributed by atoms with E-state index in [1.165, 1.54) is 23.5 Å². The molecule has 0 aliphatic carbocycles. The van der Waals surface area contributed by atoms with Crippen molar-refractivity contribution in [3.8, 4) is 0 Å². The van der Waals surface area contributed by atoms with Crippen LogP contribution in [0.15, 0.2) is 45.1 Å². The Morgan fingerprint density at radius 3 is 2.64 bits per heavy atom. The van der Waals surface area contributed by atoms with Gasteiger partial charge in [-0.3, -0.25) is 4.79 Å². The van der Waals surface area contributed by atoms with E-state index in [-0.39, 0.29) is 23.9 Å². The predicted molar refractivity (Wildman–Crippen MR) is 91.0 cm³/mol. The van der Waals surface area contributed by atoms with Gasteiger partial charge in [-0.25, -0.2) is 13.1 Å². The van der Waals surface area contributed by atoms with Crippen LogP contribution < -0.4 is 10.0 Å². The highest BCUT2D eigenvalue weighted by Crippen LogP contribution is 2.21. The second kappa shape index (κ2) is 7.56. The van der Waals surface area contributed by atoms with Crippen molar-refractivity contribution in [1.82, 2.24) is 10.0 Å². The summed E-state index contributed by atoms with van der Waals surface area (Å²) in [5, 5.41) is 2.99. The first kappa shape index (κ1) is 17.4. The summed E-state index contributed by atoms with van der Waals surface area (Å²) in [7, 11) is -3.63. The number of nitrogens with one attached hydrogen (secondary N) is 2. The van der Waals surface area contributed by atoms with E-state index in [0.29, 0.717) is 9.90 Å². The van der Waals surface area contributed by atoms with Crippen LogP contribution in [0.1, 0.15) is 9.67 Å². The molecule has 0 fully saturated rings. The van der Waals surface area contributed by atoms with Crippen LogP contribution in [-0.2, 0) is 10.0 Å². The van der Waals surface area contributed by atoms with Crippen LogP contribution in [0, 0.1) is 0 Å². The monoisotopic (exact) mass is 422 g/mol. The van der Waals surface area contributed by atoms with E-state index in [2.05, 4.69) is 26.0 Å². The molecule has 0 unspecified atom stereocenters. The first-order valence-corrected chi connectivity index (χ1v) is 9.64. The first-order valence-electron chi connectivity index (χ1n) is 6.17. The fourth-order valence-corrected chi connectivity index (χ4v) is 4.24. The molecule has 0 aliphatic heterocycles. The minimum atomic E-state index is -3.63. The molecule has 2 aromatic rings. The molecule has 2 rings (SSSR count). The van der Waals surface area contributed by atoms with Gasteiger partial charge in [0.05, 0.1) is 13.6 Å². The lowest BCUT2D eigenvalue weighted by atomic mass is 10.4. The lowest BCUT2D eigenvalue weighted by Crippen LogP contribution is -2.34. The van der Waals surface area contributed by atoms with Crippen molar-refractivity contribution in [2.75, 3.05) is 13.1 Å². The summed E-state index contributed by atoms with van der Waals surface area (Å²) in [4.78, 5) is 12.4. The third-order valence-corrected chi connectivity index (χ3v) is 5.92.